The third kappa shape index (κ3) is 4.23. The van der Waals surface area contributed by atoms with Gasteiger partial charge < -0.3 is 14.2 Å². The Morgan fingerprint density at radius 2 is 1.87 bits per heavy atom. The number of nitrogens with zero attached hydrogens (tertiary/aromatic N) is 3. The molecule has 8 heteroatoms. The fourth-order valence-electron chi connectivity index (χ4n) is 4.48. The van der Waals surface area contributed by atoms with Crippen LogP contribution in [0.5, 0.6) is 5.75 Å². The first-order valence-corrected chi connectivity index (χ1v) is 12.4. The molecule has 0 radical (unpaired) electrons. The van der Waals surface area contributed by atoms with Crippen LogP contribution in [0.25, 0.3) is 0 Å². The van der Waals surface area contributed by atoms with E-state index in [4.69, 9.17) is 4.74 Å². The molecule has 1 saturated heterocycles. The maximum atomic E-state index is 13.6. The van der Waals surface area contributed by atoms with E-state index < -0.39 is 10.0 Å². The van der Waals surface area contributed by atoms with Crippen LogP contribution < -0.4 is 4.74 Å². The number of carbonyl (C=O) groups is 1. The van der Waals surface area contributed by atoms with Crippen molar-refractivity contribution in [2.24, 2.45) is 13.0 Å². The number of amides is 1. The van der Waals surface area contributed by atoms with Gasteiger partial charge in [-0.3, -0.25) is 4.79 Å². The third-order valence-electron chi connectivity index (χ3n) is 6.27. The van der Waals surface area contributed by atoms with Crippen molar-refractivity contribution >= 4 is 15.9 Å². The van der Waals surface area contributed by atoms with Crippen molar-refractivity contribution in [3.8, 4) is 5.75 Å². The van der Waals surface area contributed by atoms with Crippen LogP contribution in [0.2, 0.25) is 0 Å². The van der Waals surface area contributed by atoms with E-state index in [0.717, 1.165) is 6.42 Å². The summed E-state index contributed by atoms with van der Waals surface area (Å²) in [6.45, 7) is 5.67. The van der Waals surface area contributed by atoms with Crippen molar-refractivity contribution in [1.82, 2.24) is 13.8 Å². The van der Waals surface area contributed by atoms with Crippen LogP contribution in [0.15, 0.2) is 47.5 Å². The summed E-state index contributed by atoms with van der Waals surface area (Å²) in [5.41, 5.74) is 0.637. The quantitative estimate of drug-likeness (QED) is 0.725. The molecule has 2 atom stereocenters. The molecule has 1 amide bonds. The van der Waals surface area contributed by atoms with Gasteiger partial charge in [-0.15, -0.1) is 0 Å². The molecule has 31 heavy (non-hydrogen) atoms. The van der Waals surface area contributed by atoms with Crippen LogP contribution in [0, 0.1) is 5.92 Å². The summed E-state index contributed by atoms with van der Waals surface area (Å²) in [5, 5.41) is 0. The number of benzene rings is 1. The molecule has 1 fully saturated rings. The second kappa shape index (κ2) is 8.67. The molecule has 1 aromatic carbocycles. The van der Waals surface area contributed by atoms with E-state index in [1.807, 2.05) is 34.8 Å². The Labute approximate surface area is 184 Å². The Morgan fingerprint density at radius 1 is 1.13 bits per heavy atom. The molecule has 0 spiro atoms. The van der Waals surface area contributed by atoms with E-state index in [1.165, 1.54) is 0 Å². The lowest BCUT2D eigenvalue weighted by atomic mass is 10.0. The van der Waals surface area contributed by atoms with Crippen molar-refractivity contribution in [3.63, 3.8) is 0 Å². The number of hydrogen-bond acceptors (Lipinski definition) is 4. The zero-order valence-electron chi connectivity index (χ0n) is 18.4. The predicted octanol–water partition coefficient (Wildman–Crippen LogP) is 3.13. The lowest BCUT2D eigenvalue weighted by Gasteiger charge is -2.32. The molecule has 7 nitrogen and oxygen atoms in total. The van der Waals surface area contributed by atoms with Gasteiger partial charge in [-0.2, -0.15) is 4.31 Å². The van der Waals surface area contributed by atoms with Gasteiger partial charge in [0.1, 0.15) is 22.4 Å². The van der Waals surface area contributed by atoms with Gasteiger partial charge in [0.15, 0.2) is 0 Å². The number of sulfonamides is 1. The second-order valence-corrected chi connectivity index (χ2v) is 10.7. The Balaban J connectivity index is 1.66. The highest BCUT2D eigenvalue weighted by molar-refractivity contribution is 7.89. The normalized spacial score (nSPS) is 23.4. The minimum absolute atomic E-state index is 0.0269. The predicted molar refractivity (Wildman–Crippen MR) is 119 cm³/mol. The Morgan fingerprint density at radius 3 is 2.58 bits per heavy atom. The first kappa shape index (κ1) is 21.9. The van der Waals surface area contributed by atoms with Crippen molar-refractivity contribution in [3.05, 3.63) is 48.3 Å². The van der Waals surface area contributed by atoms with Crippen molar-refractivity contribution in [2.45, 2.75) is 50.2 Å². The second-order valence-electron chi connectivity index (χ2n) is 8.84. The summed E-state index contributed by atoms with van der Waals surface area (Å²) >= 11 is 0. The van der Waals surface area contributed by atoms with Crippen LogP contribution in [0.3, 0.4) is 0 Å². The van der Waals surface area contributed by atoms with Crippen LogP contribution >= 0.6 is 0 Å². The van der Waals surface area contributed by atoms with Gasteiger partial charge in [0.2, 0.25) is 10.0 Å². The van der Waals surface area contributed by atoms with Crippen molar-refractivity contribution in [1.29, 1.82) is 0 Å². The summed E-state index contributed by atoms with van der Waals surface area (Å²) in [4.78, 5) is 15.1. The summed E-state index contributed by atoms with van der Waals surface area (Å²) in [7, 11) is -1.83. The van der Waals surface area contributed by atoms with E-state index in [-0.39, 0.29) is 22.9 Å². The molecule has 168 valence electrons. The topological polar surface area (TPSA) is 71.8 Å². The van der Waals surface area contributed by atoms with Gasteiger partial charge in [-0.25, -0.2) is 8.42 Å². The molecular formula is C23H31N3O4S. The smallest absolute Gasteiger partial charge is 0.270 e. The van der Waals surface area contributed by atoms with Gasteiger partial charge in [0.25, 0.3) is 5.91 Å². The van der Waals surface area contributed by atoms with Gasteiger partial charge in [-0.05, 0) is 43.0 Å². The van der Waals surface area contributed by atoms with Gasteiger partial charge in [0.05, 0.1) is 6.04 Å². The Kier molecular flexibility index (Phi) is 6.12. The first-order valence-electron chi connectivity index (χ1n) is 11.0. The molecule has 2 aliphatic rings. The van der Waals surface area contributed by atoms with Crippen LogP contribution in [0.1, 0.15) is 43.6 Å². The molecule has 0 bridgehead atoms. The number of hydrogen-bond donors (Lipinski definition) is 0. The number of likely N-dealkylation sites (tertiary alicyclic amines) is 1. The fraction of sp³-hybridized carbons (Fsp3) is 0.522. The lowest BCUT2D eigenvalue weighted by Crippen LogP contribution is -2.47. The number of fused-ring (bicyclic) bond motifs is 2. The summed E-state index contributed by atoms with van der Waals surface area (Å²) in [6.07, 6.45) is 3.47. The number of aromatic nitrogens is 1. The van der Waals surface area contributed by atoms with E-state index in [1.54, 1.807) is 28.6 Å². The molecule has 1 aromatic heterocycles. The molecule has 2 aromatic rings. The largest absolute Gasteiger partial charge is 0.487 e. The summed E-state index contributed by atoms with van der Waals surface area (Å²) in [6, 6.07) is 10.3. The highest BCUT2D eigenvalue weighted by Crippen LogP contribution is 2.36. The average molecular weight is 446 g/mol. The Bertz CT molecular complexity index is 1050. The van der Waals surface area contributed by atoms with Crippen LogP contribution in [-0.4, -0.2) is 59.9 Å². The number of aryl methyl sites for hydroxylation is 1. The lowest BCUT2D eigenvalue weighted by molar-refractivity contribution is 0.0745. The number of para-hydroxylation sites is 1. The van der Waals surface area contributed by atoms with Crippen LogP contribution in [-0.2, 0) is 17.1 Å². The van der Waals surface area contributed by atoms with E-state index in [0.29, 0.717) is 49.8 Å². The fourth-order valence-corrected chi connectivity index (χ4v) is 6.29. The van der Waals surface area contributed by atoms with Gasteiger partial charge in [0, 0.05) is 39.3 Å². The summed E-state index contributed by atoms with van der Waals surface area (Å²) < 4.78 is 37.0. The molecule has 0 saturated carbocycles. The minimum Gasteiger partial charge on any atom is -0.487 e. The van der Waals surface area contributed by atoms with Gasteiger partial charge >= 0.3 is 0 Å². The zero-order valence-corrected chi connectivity index (χ0v) is 19.2. The highest BCUT2D eigenvalue weighted by atomic mass is 32.2. The van der Waals surface area contributed by atoms with Crippen molar-refractivity contribution < 1.29 is 17.9 Å². The highest BCUT2D eigenvalue weighted by Gasteiger charge is 2.43. The number of carbonyl (C=O) groups excluding carboxylic acids is 1. The monoisotopic (exact) mass is 445 g/mol. The molecule has 0 N–H and O–H groups in total. The molecule has 3 heterocycles. The Hall–Kier alpha value is -2.32. The maximum absolute atomic E-state index is 13.6. The zero-order chi connectivity index (χ0) is 22.2. The molecular weight excluding hydrogens is 414 g/mol. The third-order valence-corrected chi connectivity index (χ3v) is 8.23. The van der Waals surface area contributed by atoms with E-state index in [2.05, 4.69) is 13.8 Å². The molecule has 4 rings (SSSR count). The van der Waals surface area contributed by atoms with E-state index in [9.17, 15) is 13.2 Å². The number of rotatable bonds is 4. The van der Waals surface area contributed by atoms with Gasteiger partial charge in [-0.1, -0.05) is 26.0 Å². The average Bonchev–Trinajstić information content (AvgIpc) is 3.01. The molecule has 0 aliphatic carbocycles. The van der Waals surface area contributed by atoms with Crippen molar-refractivity contribution in [2.75, 3.05) is 19.6 Å². The van der Waals surface area contributed by atoms with E-state index >= 15 is 0 Å². The minimum atomic E-state index is -3.69. The first-order chi connectivity index (χ1) is 14.8. The number of ether oxygens (including phenoxy) is 1. The molecule has 0 unspecified atom stereocenters. The maximum Gasteiger partial charge on any atom is 0.270 e. The van der Waals surface area contributed by atoms with Crippen LogP contribution in [0.4, 0.5) is 0 Å². The summed E-state index contributed by atoms with van der Waals surface area (Å²) in [5.74, 6) is 0.766. The molecule has 2 aliphatic heterocycles. The SMILES string of the molecule is CC(C)CCN1[C@@H]2CCN(C(=O)c3cccn3C)CC[C@H]2Oc2ccccc2S1(=O)=O. The standard InChI is InChI=1S/C23H31N3O4S/c1-17(2)10-16-26-18-11-14-25(23(27)19-7-6-13-24(19)3)15-12-20(18)30-21-8-4-5-9-22(21)31(26,28)29/h4-9,13,17-18,20H,10-12,14-16H2,1-3H3/t18-,20-/m1/s1.